The van der Waals surface area contributed by atoms with Gasteiger partial charge in [-0.05, 0) is 31.5 Å². The first kappa shape index (κ1) is 16.5. The SMILES string of the molecule is CC(=O)Nc1ccc(C(F)(F)F)cc1C(O)CC(C)N. The van der Waals surface area contributed by atoms with Crippen molar-refractivity contribution in [1.82, 2.24) is 0 Å². The lowest BCUT2D eigenvalue weighted by Crippen LogP contribution is -2.20. The molecule has 2 atom stereocenters. The molecule has 0 aliphatic heterocycles. The maximum absolute atomic E-state index is 12.7. The van der Waals surface area contributed by atoms with Crippen LogP contribution in [0.5, 0.6) is 0 Å². The van der Waals surface area contributed by atoms with E-state index in [-0.39, 0.29) is 23.7 Å². The third kappa shape index (κ3) is 4.50. The van der Waals surface area contributed by atoms with E-state index in [2.05, 4.69) is 5.32 Å². The number of nitrogens with one attached hydrogen (secondary N) is 1. The normalized spacial score (nSPS) is 14.8. The number of anilines is 1. The number of halogens is 3. The van der Waals surface area contributed by atoms with Crippen molar-refractivity contribution in [2.24, 2.45) is 5.73 Å². The van der Waals surface area contributed by atoms with E-state index in [1.54, 1.807) is 6.92 Å². The second-order valence-electron chi connectivity index (χ2n) is 4.71. The van der Waals surface area contributed by atoms with Crippen LogP contribution in [0.1, 0.15) is 37.5 Å². The molecule has 0 radical (unpaired) electrons. The molecule has 0 fully saturated rings. The van der Waals surface area contributed by atoms with Crippen molar-refractivity contribution < 1.29 is 23.1 Å². The molecular formula is C13H17F3N2O2. The summed E-state index contributed by atoms with van der Waals surface area (Å²) in [6, 6.07) is 2.43. The number of alkyl halides is 3. The first-order valence-electron chi connectivity index (χ1n) is 6.03. The number of carbonyl (C=O) groups is 1. The third-order valence-corrected chi connectivity index (χ3v) is 2.64. The lowest BCUT2D eigenvalue weighted by atomic mass is 9.98. The van der Waals surface area contributed by atoms with Gasteiger partial charge < -0.3 is 16.2 Å². The smallest absolute Gasteiger partial charge is 0.388 e. The third-order valence-electron chi connectivity index (χ3n) is 2.64. The highest BCUT2D eigenvalue weighted by Gasteiger charge is 2.32. The van der Waals surface area contributed by atoms with Crippen LogP contribution in [0.3, 0.4) is 0 Å². The average Bonchev–Trinajstić information content (AvgIpc) is 2.25. The van der Waals surface area contributed by atoms with Crippen LogP contribution in [-0.2, 0) is 11.0 Å². The molecule has 7 heteroatoms. The molecule has 2 unspecified atom stereocenters. The lowest BCUT2D eigenvalue weighted by molar-refractivity contribution is -0.137. The number of benzene rings is 1. The van der Waals surface area contributed by atoms with E-state index in [4.69, 9.17) is 5.73 Å². The summed E-state index contributed by atoms with van der Waals surface area (Å²) in [5.74, 6) is -0.431. The number of nitrogens with two attached hydrogens (primary N) is 1. The molecule has 112 valence electrons. The van der Waals surface area contributed by atoms with Crippen LogP contribution in [-0.4, -0.2) is 17.1 Å². The molecule has 0 heterocycles. The predicted molar refractivity (Wildman–Crippen MR) is 69.0 cm³/mol. The first-order chi connectivity index (χ1) is 9.11. The molecule has 0 aromatic heterocycles. The minimum absolute atomic E-state index is 0.00678. The largest absolute Gasteiger partial charge is 0.416 e. The van der Waals surface area contributed by atoms with Crippen molar-refractivity contribution >= 4 is 11.6 Å². The fourth-order valence-electron chi connectivity index (χ4n) is 1.80. The summed E-state index contributed by atoms with van der Waals surface area (Å²) in [6.07, 6.45) is -5.61. The number of carbonyl (C=O) groups excluding carboxylic acids is 1. The molecule has 0 aliphatic carbocycles. The van der Waals surface area contributed by atoms with Crippen molar-refractivity contribution in [2.45, 2.75) is 38.6 Å². The van der Waals surface area contributed by atoms with Crippen LogP contribution < -0.4 is 11.1 Å². The first-order valence-corrected chi connectivity index (χ1v) is 6.03. The second kappa shape index (κ2) is 6.23. The van der Waals surface area contributed by atoms with E-state index in [1.807, 2.05) is 0 Å². The van der Waals surface area contributed by atoms with Gasteiger partial charge in [-0.15, -0.1) is 0 Å². The lowest BCUT2D eigenvalue weighted by Gasteiger charge is -2.19. The number of aliphatic hydroxyl groups is 1. The molecule has 4 nitrogen and oxygen atoms in total. The highest BCUT2D eigenvalue weighted by Crippen LogP contribution is 2.35. The molecule has 1 aromatic carbocycles. The fraction of sp³-hybridized carbons (Fsp3) is 0.462. The maximum atomic E-state index is 12.7. The summed E-state index contributed by atoms with van der Waals surface area (Å²) in [5, 5.41) is 12.4. The van der Waals surface area contributed by atoms with Crippen molar-refractivity contribution in [1.29, 1.82) is 0 Å². The minimum Gasteiger partial charge on any atom is -0.388 e. The molecule has 1 amide bonds. The van der Waals surface area contributed by atoms with Gasteiger partial charge in [-0.2, -0.15) is 13.2 Å². The Morgan fingerprint density at radius 2 is 2.05 bits per heavy atom. The molecule has 1 aromatic rings. The highest BCUT2D eigenvalue weighted by molar-refractivity contribution is 5.89. The van der Waals surface area contributed by atoms with Gasteiger partial charge in [0.05, 0.1) is 11.7 Å². The van der Waals surface area contributed by atoms with Crippen LogP contribution in [0, 0.1) is 0 Å². The summed E-state index contributed by atoms with van der Waals surface area (Å²) in [5.41, 5.74) is 4.81. The molecule has 0 aliphatic rings. The van der Waals surface area contributed by atoms with Gasteiger partial charge in [-0.1, -0.05) is 0 Å². The number of hydrogen-bond acceptors (Lipinski definition) is 3. The Bertz CT molecular complexity index is 487. The van der Waals surface area contributed by atoms with Gasteiger partial charge in [0, 0.05) is 24.2 Å². The van der Waals surface area contributed by atoms with Crippen molar-refractivity contribution in [3.63, 3.8) is 0 Å². The van der Waals surface area contributed by atoms with E-state index in [1.165, 1.54) is 6.92 Å². The van der Waals surface area contributed by atoms with Gasteiger partial charge in [-0.25, -0.2) is 0 Å². The van der Waals surface area contributed by atoms with Gasteiger partial charge in [0.1, 0.15) is 0 Å². The van der Waals surface area contributed by atoms with Gasteiger partial charge in [0.15, 0.2) is 0 Å². The molecule has 0 bridgehead atoms. The molecule has 20 heavy (non-hydrogen) atoms. The molecule has 1 rings (SSSR count). The number of rotatable bonds is 4. The summed E-state index contributed by atoms with van der Waals surface area (Å²) in [4.78, 5) is 11.1. The summed E-state index contributed by atoms with van der Waals surface area (Å²) < 4.78 is 38.1. The van der Waals surface area contributed by atoms with Crippen LogP contribution >= 0.6 is 0 Å². The topological polar surface area (TPSA) is 75.3 Å². The standard InChI is InChI=1S/C13H17F3N2O2/c1-7(17)5-12(20)10-6-9(13(14,15)16)3-4-11(10)18-8(2)19/h3-4,6-7,12,20H,5,17H2,1-2H3,(H,18,19). The molecule has 4 N–H and O–H groups in total. The van der Waals surface area contributed by atoms with Crippen molar-refractivity contribution in [2.75, 3.05) is 5.32 Å². The van der Waals surface area contributed by atoms with E-state index in [0.717, 1.165) is 18.2 Å². The van der Waals surface area contributed by atoms with E-state index in [9.17, 15) is 23.1 Å². The zero-order chi connectivity index (χ0) is 15.5. The van der Waals surface area contributed by atoms with Crippen molar-refractivity contribution in [3.8, 4) is 0 Å². The quantitative estimate of drug-likeness (QED) is 0.797. The Morgan fingerprint density at radius 3 is 2.50 bits per heavy atom. The van der Waals surface area contributed by atoms with Crippen LogP contribution in [0.2, 0.25) is 0 Å². The molecule has 0 spiro atoms. The Morgan fingerprint density at radius 1 is 1.45 bits per heavy atom. The monoisotopic (exact) mass is 290 g/mol. The van der Waals surface area contributed by atoms with Crippen LogP contribution in [0.25, 0.3) is 0 Å². The van der Waals surface area contributed by atoms with Crippen LogP contribution in [0.4, 0.5) is 18.9 Å². The van der Waals surface area contributed by atoms with Gasteiger partial charge >= 0.3 is 6.18 Å². The van der Waals surface area contributed by atoms with Gasteiger partial charge in [-0.3, -0.25) is 4.79 Å². The van der Waals surface area contributed by atoms with E-state index >= 15 is 0 Å². The Labute approximate surface area is 114 Å². The van der Waals surface area contributed by atoms with Gasteiger partial charge in [0.2, 0.25) is 5.91 Å². The summed E-state index contributed by atoms with van der Waals surface area (Å²) in [7, 11) is 0. The molecule has 0 saturated heterocycles. The number of hydrogen-bond donors (Lipinski definition) is 3. The number of aliphatic hydroxyl groups excluding tert-OH is 1. The molecular weight excluding hydrogens is 273 g/mol. The van der Waals surface area contributed by atoms with Gasteiger partial charge in [0.25, 0.3) is 0 Å². The second-order valence-corrected chi connectivity index (χ2v) is 4.71. The Kier molecular flexibility index (Phi) is 5.13. The predicted octanol–water partition coefficient (Wildman–Crippen LogP) is 2.43. The number of amides is 1. The van der Waals surface area contributed by atoms with E-state index in [0.29, 0.717) is 0 Å². The van der Waals surface area contributed by atoms with Crippen LogP contribution in [0.15, 0.2) is 18.2 Å². The molecule has 0 saturated carbocycles. The van der Waals surface area contributed by atoms with Crippen molar-refractivity contribution in [3.05, 3.63) is 29.3 Å². The Hall–Kier alpha value is -1.60. The average molecular weight is 290 g/mol. The zero-order valence-electron chi connectivity index (χ0n) is 11.2. The fourth-order valence-corrected chi connectivity index (χ4v) is 1.80. The zero-order valence-corrected chi connectivity index (χ0v) is 11.2. The summed E-state index contributed by atoms with van der Waals surface area (Å²) >= 11 is 0. The highest BCUT2D eigenvalue weighted by atomic mass is 19.4. The maximum Gasteiger partial charge on any atom is 0.416 e. The van der Waals surface area contributed by atoms with E-state index < -0.39 is 23.8 Å². The minimum atomic E-state index is -4.52. The summed E-state index contributed by atoms with van der Waals surface area (Å²) in [6.45, 7) is 2.87. The Balaban J connectivity index is 3.22.